The number of hydrogen-bond donors (Lipinski definition) is 1. The fourth-order valence-corrected chi connectivity index (χ4v) is 3.87. The number of pyridine rings is 1. The maximum atomic E-state index is 14.4. The number of piperazine rings is 1. The van der Waals surface area contributed by atoms with E-state index in [1.807, 2.05) is 0 Å². The first-order valence-electron chi connectivity index (χ1n) is 9.70. The summed E-state index contributed by atoms with van der Waals surface area (Å²) in [5.74, 6) is -2.22. The van der Waals surface area contributed by atoms with Crippen LogP contribution in [0.5, 0.6) is 0 Å². The topological polar surface area (TPSA) is 86.4 Å². The molecule has 1 N–H and O–H groups in total. The van der Waals surface area contributed by atoms with Gasteiger partial charge in [0.25, 0.3) is 17.6 Å². The van der Waals surface area contributed by atoms with Crippen LogP contribution in [0.3, 0.4) is 0 Å². The molecule has 154 valence electrons. The van der Waals surface area contributed by atoms with Crippen LogP contribution < -0.4 is 0 Å². The summed E-state index contributed by atoms with van der Waals surface area (Å²) in [4.78, 5) is 48.5. The Kier molecular flexibility index (Phi) is 5.07. The molecule has 8 heteroatoms. The second kappa shape index (κ2) is 7.70. The van der Waals surface area contributed by atoms with Crippen molar-refractivity contribution in [3.63, 3.8) is 0 Å². The second-order valence-corrected chi connectivity index (χ2v) is 7.46. The molecule has 4 rings (SSSR count). The highest BCUT2D eigenvalue weighted by Crippen LogP contribution is 2.26. The molecule has 1 aliphatic rings. The molecule has 1 fully saturated rings. The summed E-state index contributed by atoms with van der Waals surface area (Å²) in [7, 11) is 0. The van der Waals surface area contributed by atoms with E-state index in [9.17, 15) is 18.8 Å². The van der Waals surface area contributed by atoms with Gasteiger partial charge >= 0.3 is 0 Å². The zero-order valence-corrected chi connectivity index (χ0v) is 16.7. The van der Waals surface area contributed by atoms with Crippen molar-refractivity contribution in [2.45, 2.75) is 19.9 Å². The molecule has 2 amide bonds. The van der Waals surface area contributed by atoms with Gasteiger partial charge in [0.05, 0.1) is 11.1 Å². The molecule has 0 spiro atoms. The van der Waals surface area contributed by atoms with Gasteiger partial charge in [0.2, 0.25) is 0 Å². The molecular weight excluding hydrogens is 387 g/mol. The minimum Gasteiger partial charge on any atom is -0.360 e. The third-order valence-electron chi connectivity index (χ3n) is 5.49. The van der Waals surface area contributed by atoms with Crippen molar-refractivity contribution < 1.29 is 18.8 Å². The predicted molar refractivity (Wildman–Crippen MR) is 109 cm³/mol. The number of halogens is 1. The van der Waals surface area contributed by atoms with Crippen LogP contribution in [0.4, 0.5) is 4.39 Å². The normalized spacial score (nSPS) is 16.7. The highest BCUT2D eigenvalue weighted by atomic mass is 19.1. The second-order valence-electron chi connectivity index (χ2n) is 7.46. The number of nitrogens with zero attached hydrogens (tertiary/aromatic N) is 3. The number of carbonyl (C=O) groups excluding carboxylic acids is 3. The number of hydrogen-bond acceptors (Lipinski definition) is 4. The van der Waals surface area contributed by atoms with Crippen molar-refractivity contribution in [1.29, 1.82) is 0 Å². The molecule has 0 unspecified atom stereocenters. The molecule has 3 heterocycles. The van der Waals surface area contributed by atoms with Gasteiger partial charge in [-0.05, 0) is 37.6 Å². The fourth-order valence-electron chi connectivity index (χ4n) is 3.87. The number of aromatic amines is 1. The average Bonchev–Trinajstić information content (AvgIpc) is 3.22. The van der Waals surface area contributed by atoms with Crippen molar-refractivity contribution in [1.82, 2.24) is 19.8 Å². The lowest BCUT2D eigenvalue weighted by molar-refractivity contribution is -0.130. The number of H-pyrrole nitrogens is 1. The molecule has 2 aromatic heterocycles. The van der Waals surface area contributed by atoms with Gasteiger partial charge in [-0.25, -0.2) is 4.39 Å². The Labute approximate surface area is 172 Å². The van der Waals surface area contributed by atoms with Gasteiger partial charge < -0.3 is 14.8 Å². The molecule has 0 aliphatic carbocycles. The van der Waals surface area contributed by atoms with E-state index in [0.717, 1.165) is 5.56 Å². The molecule has 0 radical (unpaired) electrons. The third-order valence-corrected chi connectivity index (χ3v) is 5.49. The summed E-state index contributed by atoms with van der Waals surface area (Å²) >= 11 is 0. The molecule has 1 saturated heterocycles. The van der Waals surface area contributed by atoms with Crippen molar-refractivity contribution in [2.24, 2.45) is 0 Å². The zero-order chi connectivity index (χ0) is 21.4. The number of benzene rings is 1. The van der Waals surface area contributed by atoms with Gasteiger partial charge in [-0.1, -0.05) is 12.1 Å². The Morgan fingerprint density at radius 1 is 1.17 bits per heavy atom. The molecule has 0 saturated carbocycles. The van der Waals surface area contributed by atoms with E-state index in [4.69, 9.17) is 0 Å². The zero-order valence-electron chi connectivity index (χ0n) is 16.7. The summed E-state index contributed by atoms with van der Waals surface area (Å²) in [6, 6.07) is 7.66. The smallest absolute Gasteiger partial charge is 0.295 e. The number of aromatic nitrogens is 2. The van der Waals surface area contributed by atoms with Crippen LogP contribution in [0.15, 0.2) is 42.7 Å². The number of Topliss-reactive ketones (excluding diaryl/α,β-unsaturated/α-hetero) is 1. The summed E-state index contributed by atoms with van der Waals surface area (Å²) < 4.78 is 14.4. The molecule has 7 nitrogen and oxygen atoms in total. The van der Waals surface area contributed by atoms with E-state index in [1.54, 1.807) is 49.2 Å². The minimum absolute atomic E-state index is 0.0235. The van der Waals surface area contributed by atoms with E-state index in [-0.39, 0.29) is 36.0 Å². The quantitative estimate of drug-likeness (QED) is 0.533. The first kappa shape index (κ1) is 19.8. The Morgan fingerprint density at radius 2 is 1.97 bits per heavy atom. The molecule has 1 aromatic carbocycles. The SMILES string of the molecule is Cc1ccc(F)c2c(C(=O)C(=O)N3CCN(C(=O)c4ccccn4)C[C@H]3C)c[nH]c12. The number of ketones is 1. The summed E-state index contributed by atoms with van der Waals surface area (Å²) in [6.45, 7) is 4.38. The molecule has 0 bridgehead atoms. The summed E-state index contributed by atoms with van der Waals surface area (Å²) in [6.07, 6.45) is 2.93. The highest BCUT2D eigenvalue weighted by molar-refractivity contribution is 6.45. The summed E-state index contributed by atoms with van der Waals surface area (Å²) in [5.41, 5.74) is 1.65. The fraction of sp³-hybridized carbons (Fsp3) is 0.273. The molecule has 1 atom stereocenters. The van der Waals surface area contributed by atoms with E-state index >= 15 is 0 Å². The van der Waals surface area contributed by atoms with Crippen molar-refractivity contribution in [2.75, 3.05) is 19.6 Å². The Hall–Kier alpha value is -3.55. The predicted octanol–water partition coefficient (Wildman–Crippen LogP) is 2.57. The van der Waals surface area contributed by atoms with Gasteiger partial charge in [0, 0.05) is 43.5 Å². The van der Waals surface area contributed by atoms with E-state index < -0.39 is 17.5 Å². The number of rotatable bonds is 3. The van der Waals surface area contributed by atoms with Crippen LogP contribution in [0.2, 0.25) is 0 Å². The highest BCUT2D eigenvalue weighted by Gasteiger charge is 2.34. The van der Waals surface area contributed by atoms with Crippen LogP contribution in [-0.4, -0.2) is 63.0 Å². The van der Waals surface area contributed by atoms with Gasteiger partial charge in [-0.15, -0.1) is 0 Å². The van der Waals surface area contributed by atoms with Crippen LogP contribution in [0.25, 0.3) is 10.9 Å². The summed E-state index contributed by atoms with van der Waals surface area (Å²) in [5, 5.41) is 0.130. The van der Waals surface area contributed by atoms with Gasteiger partial charge in [-0.3, -0.25) is 19.4 Å². The Balaban J connectivity index is 1.52. The van der Waals surface area contributed by atoms with E-state index in [1.165, 1.54) is 17.2 Å². The molecule has 1 aliphatic heterocycles. The number of aryl methyl sites for hydroxylation is 1. The maximum Gasteiger partial charge on any atom is 0.295 e. The maximum absolute atomic E-state index is 14.4. The third kappa shape index (κ3) is 3.34. The van der Waals surface area contributed by atoms with E-state index in [0.29, 0.717) is 17.8 Å². The lowest BCUT2D eigenvalue weighted by atomic mass is 10.0. The van der Waals surface area contributed by atoms with Crippen molar-refractivity contribution in [3.8, 4) is 0 Å². The van der Waals surface area contributed by atoms with Crippen LogP contribution in [-0.2, 0) is 4.79 Å². The monoisotopic (exact) mass is 408 g/mol. The molecule has 3 aromatic rings. The van der Waals surface area contributed by atoms with Gasteiger partial charge in [0.1, 0.15) is 11.5 Å². The molecular formula is C22H21FN4O3. The number of carbonyl (C=O) groups is 3. The van der Waals surface area contributed by atoms with Gasteiger partial charge in [-0.2, -0.15) is 0 Å². The minimum atomic E-state index is -0.762. The Morgan fingerprint density at radius 3 is 2.67 bits per heavy atom. The van der Waals surface area contributed by atoms with Crippen LogP contribution >= 0.6 is 0 Å². The van der Waals surface area contributed by atoms with Crippen LogP contribution in [0.1, 0.15) is 33.3 Å². The van der Waals surface area contributed by atoms with Crippen LogP contribution in [0, 0.1) is 12.7 Å². The largest absolute Gasteiger partial charge is 0.360 e. The van der Waals surface area contributed by atoms with Crippen molar-refractivity contribution >= 4 is 28.5 Å². The Bertz CT molecular complexity index is 1140. The lowest BCUT2D eigenvalue weighted by Crippen LogP contribution is -2.56. The standard InChI is InChI=1S/C22H21FN4O3/c1-13-6-7-16(23)18-15(11-25-19(13)18)20(28)22(30)27-10-9-26(12-14(27)2)21(29)17-5-3-4-8-24-17/h3-8,11,14,25H,9-10,12H2,1-2H3/t14-/m1/s1. The number of nitrogens with one attached hydrogen (secondary N) is 1. The number of fused-ring (bicyclic) bond motifs is 1. The first-order valence-corrected chi connectivity index (χ1v) is 9.70. The average molecular weight is 408 g/mol. The van der Waals surface area contributed by atoms with E-state index in [2.05, 4.69) is 9.97 Å². The molecule has 30 heavy (non-hydrogen) atoms. The lowest BCUT2D eigenvalue weighted by Gasteiger charge is -2.39. The number of amides is 2. The van der Waals surface area contributed by atoms with Gasteiger partial charge in [0.15, 0.2) is 0 Å². The van der Waals surface area contributed by atoms with Crippen molar-refractivity contribution in [3.05, 3.63) is 65.4 Å². The first-order chi connectivity index (χ1) is 14.4.